The summed E-state index contributed by atoms with van der Waals surface area (Å²) in [4.78, 5) is 4.61. The third-order valence-electron chi connectivity index (χ3n) is 4.55. The number of nitrogen functional groups attached to an aromatic ring is 1. The van der Waals surface area contributed by atoms with E-state index in [1.165, 1.54) is 35.2 Å². The van der Waals surface area contributed by atoms with E-state index in [1.54, 1.807) is 0 Å². The van der Waals surface area contributed by atoms with E-state index in [0.29, 0.717) is 5.82 Å². The molecule has 1 aliphatic rings. The molecule has 5 nitrogen and oxygen atoms in total. The van der Waals surface area contributed by atoms with Gasteiger partial charge in [-0.2, -0.15) is 5.10 Å². The second kappa shape index (κ2) is 6.65. The summed E-state index contributed by atoms with van der Waals surface area (Å²) in [6.45, 7) is 3.33. The maximum atomic E-state index is 9.06. The van der Waals surface area contributed by atoms with Crippen LogP contribution in [0.4, 0.5) is 5.82 Å². The number of pyridine rings is 1. The van der Waals surface area contributed by atoms with Crippen molar-refractivity contribution in [2.24, 2.45) is 0 Å². The van der Waals surface area contributed by atoms with E-state index in [2.05, 4.69) is 16.6 Å². The van der Waals surface area contributed by atoms with Crippen LogP contribution in [0, 0.1) is 0 Å². The van der Waals surface area contributed by atoms with Crippen LogP contribution in [0.5, 0.6) is 0 Å². The molecular formula is C17H26N4O. The van der Waals surface area contributed by atoms with Crippen LogP contribution in [0.3, 0.4) is 0 Å². The van der Waals surface area contributed by atoms with Gasteiger partial charge in [-0.15, -0.1) is 0 Å². The molecular weight excluding hydrogens is 276 g/mol. The fourth-order valence-corrected chi connectivity index (χ4v) is 3.53. The molecule has 0 unspecified atom stereocenters. The van der Waals surface area contributed by atoms with Crippen molar-refractivity contribution >= 4 is 16.7 Å². The summed E-state index contributed by atoms with van der Waals surface area (Å²) in [6.07, 6.45) is 8.37. The first-order valence-corrected chi connectivity index (χ1v) is 8.53. The normalized spacial score (nSPS) is 14.5. The Morgan fingerprint density at radius 1 is 1.23 bits per heavy atom. The third-order valence-corrected chi connectivity index (χ3v) is 4.55. The highest BCUT2D eigenvalue weighted by atomic mass is 16.2. The number of aryl methyl sites for hydroxylation is 4. The van der Waals surface area contributed by atoms with Gasteiger partial charge in [0.1, 0.15) is 5.52 Å². The molecule has 0 fully saturated rings. The number of aliphatic hydroxyl groups excluding tert-OH is 1. The van der Waals surface area contributed by atoms with Crippen molar-refractivity contribution in [3.8, 4) is 0 Å². The minimum Gasteiger partial charge on any atom is -0.396 e. The first-order chi connectivity index (χ1) is 10.8. The van der Waals surface area contributed by atoms with E-state index in [4.69, 9.17) is 15.9 Å². The number of hydrogen-bond acceptors (Lipinski definition) is 4. The Morgan fingerprint density at radius 2 is 2.05 bits per heavy atom. The zero-order valence-corrected chi connectivity index (χ0v) is 13.4. The monoisotopic (exact) mass is 302 g/mol. The molecule has 1 aliphatic carbocycles. The Hall–Kier alpha value is -1.62. The van der Waals surface area contributed by atoms with Gasteiger partial charge in [-0.3, -0.25) is 4.68 Å². The average molecular weight is 302 g/mol. The standard InChI is InChI=1S/C17H26N4O/c1-2-10-21-14(9-5-6-11-22)15-12-7-3-4-8-13(12)19-17(18)16(15)20-21/h22H,2-11H2,1H3,(H2,18,19). The number of nitrogens with zero attached hydrogens (tertiary/aromatic N) is 3. The van der Waals surface area contributed by atoms with Gasteiger partial charge in [0.05, 0.1) is 0 Å². The smallest absolute Gasteiger partial charge is 0.152 e. The van der Waals surface area contributed by atoms with Crippen LogP contribution < -0.4 is 5.73 Å². The van der Waals surface area contributed by atoms with Crippen LogP contribution in [-0.2, 0) is 25.8 Å². The van der Waals surface area contributed by atoms with Crippen LogP contribution >= 0.6 is 0 Å². The van der Waals surface area contributed by atoms with Crippen molar-refractivity contribution in [3.05, 3.63) is 17.0 Å². The Bertz CT molecular complexity index is 662. The fourth-order valence-electron chi connectivity index (χ4n) is 3.53. The summed E-state index contributed by atoms with van der Waals surface area (Å²) in [6, 6.07) is 0. The number of hydrogen-bond donors (Lipinski definition) is 2. The first-order valence-electron chi connectivity index (χ1n) is 8.53. The summed E-state index contributed by atoms with van der Waals surface area (Å²) in [5.41, 5.74) is 10.9. The summed E-state index contributed by atoms with van der Waals surface area (Å²) in [5, 5.41) is 15.1. The predicted octanol–water partition coefficient (Wildman–Crippen LogP) is 2.62. The van der Waals surface area contributed by atoms with E-state index in [9.17, 15) is 0 Å². The van der Waals surface area contributed by atoms with Gasteiger partial charge < -0.3 is 10.8 Å². The van der Waals surface area contributed by atoms with E-state index in [-0.39, 0.29) is 6.61 Å². The molecule has 22 heavy (non-hydrogen) atoms. The van der Waals surface area contributed by atoms with Crippen molar-refractivity contribution in [2.45, 2.75) is 64.8 Å². The van der Waals surface area contributed by atoms with E-state index in [1.807, 2.05) is 0 Å². The van der Waals surface area contributed by atoms with Gasteiger partial charge >= 0.3 is 0 Å². The van der Waals surface area contributed by atoms with Crippen LogP contribution in [0.25, 0.3) is 10.9 Å². The lowest BCUT2D eigenvalue weighted by atomic mass is 9.92. The topological polar surface area (TPSA) is 77.0 Å². The Morgan fingerprint density at radius 3 is 2.82 bits per heavy atom. The van der Waals surface area contributed by atoms with E-state index in [0.717, 1.165) is 50.6 Å². The van der Waals surface area contributed by atoms with Crippen molar-refractivity contribution in [1.29, 1.82) is 0 Å². The molecule has 0 spiro atoms. The number of rotatable bonds is 6. The molecule has 2 aromatic rings. The van der Waals surface area contributed by atoms with Gasteiger partial charge in [0.2, 0.25) is 0 Å². The molecule has 2 heterocycles. The second-order valence-electron chi connectivity index (χ2n) is 6.20. The summed E-state index contributed by atoms with van der Waals surface area (Å²) in [5.74, 6) is 0.578. The van der Waals surface area contributed by atoms with Gasteiger partial charge in [-0.25, -0.2) is 4.98 Å². The number of anilines is 1. The number of nitrogens with two attached hydrogens (primary N) is 1. The maximum Gasteiger partial charge on any atom is 0.152 e. The fraction of sp³-hybridized carbons (Fsp3) is 0.647. The van der Waals surface area contributed by atoms with Gasteiger partial charge in [-0.05, 0) is 56.9 Å². The summed E-state index contributed by atoms with van der Waals surface area (Å²) >= 11 is 0. The quantitative estimate of drug-likeness (QED) is 0.804. The molecule has 5 heteroatoms. The van der Waals surface area contributed by atoms with Gasteiger partial charge in [0.25, 0.3) is 0 Å². The number of unbranched alkanes of at least 4 members (excludes halogenated alkanes) is 1. The largest absolute Gasteiger partial charge is 0.396 e. The van der Waals surface area contributed by atoms with Gasteiger partial charge in [-0.1, -0.05) is 6.92 Å². The molecule has 0 atom stereocenters. The lowest BCUT2D eigenvalue weighted by Gasteiger charge is -2.17. The molecule has 0 bridgehead atoms. The maximum absolute atomic E-state index is 9.06. The molecule has 120 valence electrons. The molecule has 3 N–H and O–H groups in total. The highest BCUT2D eigenvalue weighted by molar-refractivity contribution is 5.93. The van der Waals surface area contributed by atoms with Crippen LogP contribution in [-0.4, -0.2) is 26.5 Å². The predicted molar refractivity (Wildman–Crippen MR) is 88.9 cm³/mol. The Balaban J connectivity index is 2.14. The molecule has 3 rings (SSSR count). The van der Waals surface area contributed by atoms with Crippen molar-refractivity contribution in [3.63, 3.8) is 0 Å². The number of aliphatic hydroxyl groups is 1. The van der Waals surface area contributed by atoms with Crippen molar-refractivity contribution in [2.75, 3.05) is 12.3 Å². The van der Waals surface area contributed by atoms with E-state index < -0.39 is 0 Å². The van der Waals surface area contributed by atoms with Crippen LogP contribution in [0.2, 0.25) is 0 Å². The van der Waals surface area contributed by atoms with Gasteiger partial charge in [0, 0.05) is 29.9 Å². The van der Waals surface area contributed by atoms with Gasteiger partial charge in [0.15, 0.2) is 5.82 Å². The average Bonchev–Trinajstić information content (AvgIpc) is 2.88. The minimum absolute atomic E-state index is 0.252. The third kappa shape index (κ3) is 2.70. The SMILES string of the molecule is CCCn1nc2c(N)nc3c(c2c1CCCCO)CCCC3. The van der Waals surface area contributed by atoms with E-state index >= 15 is 0 Å². The highest BCUT2D eigenvalue weighted by Gasteiger charge is 2.22. The van der Waals surface area contributed by atoms with Crippen LogP contribution in [0.15, 0.2) is 0 Å². The lowest BCUT2D eigenvalue weighted by Crippen LogP contribution is -2.09. The summed E-state index contributed by atoms with van der Waals surface area (Å²) < 4.78 is 2.12. The Labute approximate surface area is 131 Å². The molecule has 0 aromatic carbocycles. The summed E-state index contributed by atoms with van der Waals surface area (Å²) in [7, 11) is 0. The number of aromatic nitrogens is 3. The highest BCUT2D eigenvalue weighted by Crippen LogP contribution is 2.33. The Kier molecular flexibility index (Phi) is 4.62. The zero-order valence-electron chi connectivity index (χ0n) is 13.4. The van der Waals surface area contributed by atoms with Crippen molar-refractivity contribution in [1.82, 2.24) is 14.8 Å². The minimum atomic E-state index is 0.252. The number of fused-ring (bicyclic) bond motifs is 3. The second-order valence-corrected chi connectivity index (χ2v) is 6.20. The molecule has 2 aromatic heterocycles. The van der Waals surface area contributed by atoms with Crippen molar-refractivity contribution < 1.29 is 5.11 Å². The molecule has 0 saturated carbocycles. The lowest BCUT2D eigenvalue weighted by molar-refractivity contribution is 0.284. The zero-order chi connectivity index (χ0) is 15.5. The molecule has 0 saturated heterocycles. The first kappa shape index (κ1) is 15.3. The molecule has 0 aliphatic heterocycles. The van der Waals surface area contributed by atoms with Crippen LogP contribution in [0.1, 0.15) is 56.0 Å². The molecule has 0 radical (unpaired) electrons. The molecule has 0 amide bonds.